The van der Waals surface area contributed by atoms with Crippen LogP contribution in [0.2, 0.25) is 0 Å². The second kappa shape index (κ2) is 6.10. The van der Waals surface area contributed by atoms with E-state index in [4.69, 9.17) is 5.11 Å². The molecule has 0 radical (unpaired) electrons. The van der Waals surface area contributed by atoms with Gasteiger partial charge in [0.05, 0.1) is 0 Å². The van der Waals surface area contributed by atoms with Crippen molar-refractivity contribution in [3.8, 4) is 0 Å². The number of aliphatic carboxylic acids is 1. The summed E-state index contributed by atoms with van der Waals surface area (Å²) in [6.07, 6.45) is 3.78. The normalized spacial score (nSPS) is 11.5. The minimum Gasteiger partial charge on any atom is -0.480 e. The quantitative estimate of drug-likeness (QED) is 0.869. The van der Waals surface area contributed by atoms with E-state index in [2.05, 4.69) is 20.9 Å². The fourth-order valence-corrected chi connectivity index (χ4v) is 1.19. The summed E-state index contributed by atoms with van der Waals surface area (Å²) in [5.41, 5.74) is 0.967. The van der Waals surface area contributed by atoms with Crippen LogP contribution >= 0.6 is 32.9 Å². The van der Waals surface area contributed by atoms with Crippen LogP contribution in [0, 0.1) is 0 Å². The highest BCUT2D eigenvalue weighted by Gasteiger charge is 2.12. The zero-order valence-electron chi connectivity index (χ0n) is 6.68. The number of carbonyl (C=O) groups is 1. The number of halogens is 2. The highest BCUT2D eigenvalue weighted by molar-refractivity contribution is 9.10. The summed E-state index contributed by atoms with van der Waals surface area (Å²) in [5.74, 6) is -0.841. The predicted octanol–water partition coefficient (Wildman–Crippen LogP) is 2.05. The monoisotopic (exact) mass is 309 g/mol. The first-order valence-corrected chi connectivity index (χ1v) is 4.37. The minimum absolute atomic E-state index is 0. The van der Waals surface area contributed by atoms with Crippen LogP contribution in [0.1, 0.15) is 5.56 Å². The van der Waals surface area contributed by atoms with Crippen LogP contribution in [0.25, 0.3) is 0 Å². The Labute approximate surface area is 95.1 Å². The highest BCUT2D eigenvalue weighted by Crippen LogP contribution is 2.08. The number of nitrogens with zero attached hydrogens (tertiary/aromatic N) is 1. The second-order valence-electron chi connectivity index (χ2n) is 2.37. The number of carboxylic acid groups (broad SMARTS) is 1. The minimum atomic E-state index is -0.841. The molecule has 0 bridgehead atoms. The fraction of sp³-hybridized carbons (Fsp3) is 0.250. The van der Waals surface area contributed by atoms with Crippen LogP contribution in [0.3, 0.4) is 0 Å². The van der Waals surface area contributed by atoms with Gasteiger partial charge in [-0.1, -0.05) is 15.9 Å². The molecule has 1 aromatic rings. The van der Waals surface area contributed by atoms with Crippen LogP contribution in [0.15, 0.2) is 24.5 Å². The third-order valence-corrected chi connectivity index (χ3v) is 2.15. The molecule has 0 aliphatic rings. The van der Waals surface area contributed by atoms with Crippen molar-refractivity contribution >= 4 is 38.9 Å². The highest BCUT2D eigenvalue weighted by atomic mass is 79.9. The summed E-state index contributed by atoms with van der Waals surface area (Å²) in [7, 11) is 0. The van der Waals surface area contributed by atoms with E-state index in [0.717, 1.165) is 5.56 Å². The molecule has 13 heavy (non-hydrogen) atoms. The van der Waals surface area contributed by atoms with Crippen molar-refractivity contribution < 1.29 is 9.90 Å². The smallest absolute Gasteiger partial charge is 0.317 e. The van der Waals surface area contributed by atoms with Gasteiger partial charge in [-0.3, -0.25) is 9.78 Å². The molecule has 3 nitrogen and oxygen atoms in total. The Morgan fingerprint density at radius 3 is 2.54 bits per heavy atom. The van der Waals surface area contributed by atoms with E-state index < -0.39 is 10.8 Å². The molecule has 1 unspecified atom stereocenters. The Balaban J connectivity index is 0.00000144. The number of pyridine rings is 1. The zero-order chi connectivity index (χ0) is 8.97. The summed E-state index contributed by atoms with van der Waals surface area (Å²) in [5, 5.41) is 8.58. The Hall–Kier alpha value is -0.420. The molecule has 5 heteroatoms. The van der Waals surface area contributed by atoms with Crippen molar-refractivity contribution in [3.05, 3.63) is 30.1 Å². The van der Waals surface area contributed by atoms with E-state index in [-0.39, 0.29) is 17.0 Å². The molecule has 0 aliphatic carbocycles. The Kier molecular flexibility index (Phi) is 5.90. The van der Waals surface area contributed by atoms with Gasteiger partial charge in [-0.25, -0.2) is 0 Å². The van der Waals surface area contributed by atoms with Crippen LogP contribution in [0.5, 0.6) is 0 Å². The second-order valence-corrected chi connectivity index (χ2v) is 3.47. The number of alkyl halides is 1. The van der Waals surface area contributed by atoms with Gasteiger partial charge in [-0.15, -0.1) is 17.0 Å². The topological polar surface area (TPSA) is 50.2 Å². The van der Waals surface area contributed by atoms with Crippen molar-refractivity contribution in [1.29, 1.82) is 0 Å². The van der Waals surface area contributed by atoms with Crippen molar-refractivity contribution in [3.63, 3.8) is 0 Å². The van der Waals surface area contributed by atoms with Gasteiger partial charge in [0, 0.05) is 12.4 Å². The first-order valence-electron chi connectivity index (χ1n) is 3.46. The van der Waals surface area contributed by atoms with Gasteiger partial charge in [0.1, 0.15) is 4.83 Å². The standard InChI is InChI=1S/C8H8BrNO2.BrH/c9-7(8(11)12)5-6-1-3-10-4-2-6;/h1-4,7H,5H2,(H,11,12);1H. The molecule has 1 atom stereocenters. The molecule has 1 N–H and O–H groups in total. The van der Waals surface area contributed by atoms with Crippen LogP contribution in [0.4, 0.5) is 0 Å². The lowest BCUT2D eigenvalue weighted by Crippen LogP contribution is -2.15. The SMILES string of the molecule is Br.O=C(O)C(Br)Cc1ccncc1. The van der Waals surface area contributed by atoms with Crippen molar-refractivity contribution in [2.45, 2.75) is 11.2 Å². The van der Waals surface area contributed by atoms with E-state index in [1.165, 1.54) is 0 Å². The van der Waals surface area contributed by atoms with Gasteiger partial charge in [0.2, 0.25) is 0 Å². The lowest BCUT2D eigenvalue weighted by Gasteiger charge is -2.02. The van der Waals surface area contributed by atoms with Crippen LogP contribution < -0.4 is 0 Å². The van der Waals surface area contributed by atoms with Gasteiger partial charge >= 0.3 is 5.97 Å². The van der Waals surface area contributed by atoms with E-state index in [0.29, 0.717) is 6.42 Å². The van der Waals surface area contributed by atoms with Gasteiger partial charge in [0.25, 0.3) is 0 Å². The molecule has 1 rings (SSSR count). The van der Waals surface area contributed by atoms with Crippen molar-refractivity contribution in [2.75, 3.05) is 0 Å². The summed E-state index contributed by atoms with van der Waals surface area (Å²) in [6.45, 7) is 0. The molecule has 0 amide bonds. The third-order valence-electron chi connectivity index (χ3n) is 1.43. The Morgan fingerprint density at radius 1 is 1.54 bits per heavy atom. The lowest BCUT2D eigenvalue weighted by atomic mass is 10.1. The molecule has 0 saturated heterocycles. The van der Waals surface area contributed by atoms with Crippen molar-refractivity contribution in [2.24, 2.45) is 0 Å². The maximum Gasteiger partial charge on any atom is 0.317 e. The molecule has 72 valence electrons. The van der Waals surface area contributed by atoms with Gasteiger partial charge in [0.15, 0.2) is 0 Å². The van der Waals surface area contributed by atoms with Crippen LogP contribution in [-0.4, -0.2) is 20.9 Å². The van der Waals surface area contributed by atoms with E-state index >= 15 is 0 Å². The number of rotatable bonds is 3. The Morgan fingerprint density at radius 2 is 2.08 bits per heavy atom. The fourth-order valence-electron chi connectivity index (χ4n) is 0.813. The molecular weight excluding hydrogens is 302 g/mol. The summed E-state index contributed by atoms with van der Waals surface area (Å²) in [6, 6.07) is 3.61. The average molecular weight is 311 g/mol. The predicted molar refractivity (Wildman–Crippen MR) is 58.6 cm³/mol. The van der Waals surface area contributed by atoms with E-state index in [9.17, 15) is 4.79 Å². The Bertz CT molecular complexity index is 266. The largest absolute Gasteiger partial charge is 0.480 e. The molecular formula is C8H9Br2NO2. The van der Waals surface area contributed by atoms with Crippen molar-refractivity contribution in [1.82, 2.24) is 4.98 Å². The first kappa shape index (κ1) is 12.6. The number of carboxylic acids is 1. The number of aromatic nitrogens is 1. The lowest BCUT2D eigenvalue weighted by molar-refractivity contribution is -0.136. The number of hydrogen-bond donors (Lipinski definition) is 1. The molecule has 0 spiro atoms. The van der Waals surface area contributed by atoms with Gasteiger partial charge in [-0.2, -0.15) is 0 Å². The van der Waals surface area contributed by atoms with Gasteiger partial charge < -0.3 is 5.11 Å². The number of hydrogen-bond acceptors (Lipinski definition) is 2. The van der Waals surface area contributed by atoms with E-state index in [1.54, 1.807) is 24.5 Å². The molecule has 1 heterocycles. The van der Waals surface area contributed by atoms with E-state index in [1.807, 2.05) is 0 Å². The summed E-state index contributed by atoms with van der Waals surface area (Å²) in [4.78, 5) is 13.8. The maximum absolute atomic E-state index is 10.4. The molecule has 0 fully saturated rings. The third kappa shape index (κ3) is 4.38. The molecule has 0 saturated carbocycles. The van der Waals surface area contributed by atoms with Crippen LogP contribution in [-0.2, 0) is 11.2 Å². The maximum atomic E-state index is 10.4. The summed E-state index contributed by atoms with van der Waals surface area (Å²) >= 11 is 3.06. The molecule has 0 aliphatic heterocycles. The average Bonchev–Trinajstić information content (AvgIpc) is 2.06. The first-order chi connectivity index (χ1) is 5.70. The zero-order valence-corrected chi connectivity index (χ0v) is 9.98. The van der Waals surface area contributed by atoms with Gasteiger partial charge in [-0.05, 0) is 24.1 Å². The molecule has 1 aromatic heterocycles. The molecule has 0 aromatic carbocycles. The summed E-state index contributed by atoms with van der Waals surface area (Å²) < 4.78 is 0.